The van der Waals surface area contributed by atoms with Gasteiger partial charge in [-0.2, -0.15) is 0 Å². The molecule has 0 spiro atoms. The number of carboxylic acids is 1. The Morgan fingerprint density at radius 2 is 1.67 bits per heavy atom. The largest absolute Gasteiger partial charge is 0.478 e. The zero-order valence-corrected chi connectivity index (χ0v) is 9.58. The first-order valence-corrected chi connectivity index (χ1v) is 4.40. The zero-order valence-electron chi connectivity index (χ0n) is 9.58. The van der Waals surface area contributed by atoms with Crippen LogP contribution in [-0.2, 0) is 14.3 Å². The van der Waals surface area contributed by atoms with Crippen LogP contribution in [0.3, 0.4) is 0 Å². The van der Waals surface area contributed by atoms with Crippen molar-refractivity contribution in [2.24, 2.45) is 0 Å². The molecule has 6 nitrogen and oxygen atoms in total. The predicted octanol–water partition coefficient (Wildman–Crippen LogP) is 0.958. The summed E-state index contributed by atoms with van der Waals surface area (Å²) in [6.45, 7) is 6.26. The molecule has 0 saturated carbocycles. The van der Waals surface area contributed by atoms with Crippen LogP contribution in [0.1, 0.15) is 27.7 Å². The van der Waals surface area contributed by atoms with Gasteiger partial charge in [-0.15, -0.1) is 0 Å². The van der Waals surface area contributed by atoms with Crippen LogP contribution in [0.25, 0.3) is 0 Å². The molecular formula is C9H17NO5. The third-order valence-corrected chi connectivity index (χ3v) is 1.56. The van der Waals surface area contributed by atoms with Crippen molar-refractivity contribution >= 4 is 12.1 Å². The quantitative estimate of drug-likeness (QED) is 0.690. The number of rotatable bonds is 3. The lowest BCUT2D eigenvalue weighted by molar-refractivity contribution is -0.163. The van der Waals surface area contributed by atoms with Gasteiger partial charge in [0.25, 0.3) is 0 Å². The third kappa shape index (κ3) is 4.64. The van der Waals surface area contributed by atoms with Crippen LogP contribution in [0.2, 0.25) is 0 Å². The molecule has 0 rings (SSSR count). The highest BCUT2D eigenvalue weighted by Gasteiger charge is 2.36. The Labute approximate surface area is 88.6 Å². The number of amides is 1. The number of ether oxygens (including phenoxy) is 2. The second kappa shape index (κ2) is 4.48. The molecule has 1 unspecified atom stereocenters. The summed E-state index contributed by atoms with van der Waals surface area (Å²) in [7, 11) is 1.19. The molecule has 0 aliphatic rings. The highest BCUT2D eigenvalue weighted by molar-refractivity contribution is 5.82. The molecule has 0 fully saturated rings. The molecule has 0 aromatic heterocycles. The van der Waals surface area contributed by atoms with Crippen molar-refractivity contribution in [3.8, 4) is 0 Å². The molecule has 2 N–H and O–H groups in total. The van der Waals surface area contributed by atoms with Crippen molar-refractivity contribution in [1.29, 1.82) is 0 Å². The maximum atomic E-state index is 11.3. The monoisotopic (exact) mass is 219 g/mol. The van der Waals surface area contributed by atoms with E-state index in [1.54, 1.807) is 20.8 Å². The summed E-state index contributed by atoms with van der Waals surface area (Å²) in [5, 5.41) is 10.9. The first kappa shape index (κ1) is 13.7. The van der Waals surface area contributed by atoms with Crippen LogP contribution in [0.15, 0.2) is 0 Å². The number of methoxy groups -OCH3 is 1. The number of carbonyl (C=O) groups is 2. The second-order valence-corrected chi connectivity index (χ2v) is 4.17. The molecule has 15 heavy (non-hydrogen) atoms. The van der Waals surface area contributed by atoms with Crippen molar-refractivity contribution in [3.63, 3.8) is 0 Å². The van der Waals surface area contributed by atoms with E-state index in [0.29, 0.717) is 0 Å². The fraction of sp³-hybridized carbons (Fsp3) is 0.778. The fourth-order valence-corrected chi connectivity index (χ4v) is 0.690. The molecule has 0 aliphatic heterocycles. The number of hydrogen-bond acceptors (Lipinski definition) is 4. The number of aliphatic carboxylic acids is 1. The standard InChI is InChI=1S/C9H17NO5/c1-8(2,3)15-7(13)10-9(4,14-5)6(11)12/h1-5H3,(H,10,13)(H,11,12). The van der Waals surface area contributed by atoms with Crippen molar-refractivity contribution in [2.75, 3.05) is 7.11 Å². The summed E-state index contributed by atoms with van der Waals surface area (Å²) in [6, 6.07) is 0. The Bertz CT molecular complexity index is 258. The normalized spacial score (nSPS) is 15.3. The highest BCUT2D eigenvalue weighted by atomic mass is 16.6. The molecule has 0 aromatic rings. The van der Waals surface area contributed by atoms with E-state index in [2.05, 4.69) is 10.1 Å². The van der Waals surface area contributed by atoms with Crippen molar-refractivity contribution < 1.29 is 24.2 Å². The van der Waals surface area contributed by atoms with Gasteiger partial charge in [-0.05, 0) is 27.7 Å². The average Bonchev–Trinajstić information content (AvgIpc) is 1.99. The van der Waals surface area contributed by atoms with Gasteiger partial charge in [0.1, 0.15) is 5.60 Å². The van der Waals surface area contributed by atoms with Gasteiger partial charge in [0.05, 0.1) is 0 Å². The van der Waals surface area contributed by atoms with Crippen LogP contribution in [0.4, 0.5) is 4.79 Å². The number of carbonyl (C=O) groups excluding carboxylic acids is 1. The van der Waals surface area contributed by atoms with Gasteiger partial charge >= 0.3 is 12.1 Å². The molecule has 6 heteroatoms. The van der Waals surface area contributed by atoms with E-state index in [4.69, 9.17) is 9.84 Å². The molecule has 88 valence electrons. The first-order chi connectivity index (χ1) is 6.60. The van der Waals surface area contributed by atoms with Gasteiger partial charge in [-0.3, -0.25) is 5.32 Å². The lowest BCUT2D eigenvalue weighted by Crippen LogP contribution is -2.54. The molecule has 0 bridgehead atoms. The molecule has 0 heterocycles. The van der Waals surface area contributed by atoms with E-state index in [0.717, 1.165) is 0 Å². The van der Waals surface area contributed by atoms with E-state index in [-0.39, 0.29) is 0 Å². The smallest absolute Gasteiger partial charge is 0.410 e. The fourth-order valence-electron chi connectivity index (χ4n) is 0.690. The summed E-state index contributed by atoms with van der Waals surface area (Å²) in [6.07, 6.45) is -0.839. The van der Waals surface area contributed by atoms with E-state index < -0.39 is 23.4 Å². The Hall–Kier alpha value is -1.30. The molecule has 1 atom stereocenters. The van der Waals surface area contributed by atoms with Crippen LogP contribution in [0.5, 0.6) is 0 Å². The van der Waals surface area contributed by atoms with Crippen molar-refractivity contribution in [1.82, 2.24) is 5.32 Å². The molecule has 0 aliphatic carbocycles. The van der Waals surface area contributed by atoms with Gasteiger partial charge in [0, 0.05) is 7.11 Å². The minimum absolute atomic E-state index is 0.683. The first-order valence-electron chi connectivity index (χ1n) is 4.40. The van der Waals surface area contributed by atoms with E-state index >= 15 is 0 Å². The van der Waals surface area contributed by atoms with Crippen LogP contribution >= 0.6 is 0 Å². The Balaban J connectivity index is 4.45. The predicted molar refractivity (Wildman–Crippen MR) is 52.4 cm³/mol. The lowest BCUT2D eigenvalue weighted by atomic mass is 10.2. The SMILES string of the molecule is COC(C)(NC(=O)OC(C)(C)C)C(=O)O. The van der Waals surface area contributed by atoms with Crippen LogP contribution < -0.4 is 5.32 Å². The number of alkyl carbamates (subject to hydrolysis) is 1. The summed E-state index contributed by atoms with van der Waals surface area (Å²) in [5.41, 5.74) is -2.46. The Morgan fingerprint density at radius 3 is 1.93 bits per heavy atom. The minimum atomic E-state index is -1.78. The van der Waals surface area contributed by atoms with Gasteiger partial charge in [-0.1, -0.05) is 0 Å². The summed E-state index contributed by atoms with van der Waals surface area (Å²) in [4.78, 5) is 22.0. The van der Waals surface area contributed by atoms with Crippen molar-refractivity contribution in [3.05, 3.63) is 0 Å². The Kier molecular flexibility index (Phi) is 4.09. The highest BCUT2D eigenvalue weighted by Crippen LogP contribution is 2.10. The maximum Gasteiger partial charge on any atom is 0.410 e. The van der Waals surface area contributed by atoms with E-state index in [1.165, 1.54) is 14.0 Å². The Morgan fingerprint density at radius 1 is 1.20 bits per heavy atom. The third-order valence-electron chi connectivity index (χ3n) is 1.56. The summed E-state index contributed by atoms with van der Waals surface area (Å²) in [5.74, 6) is -1.30. The topological polar surface area (TPSA) is 84.9 Å². The van der Waals surface area contributed by atoms with Gasteiger partial charge < -0.3 is 14.6 Å². The van der Waals surface area contributed by atoms with E-state index in [9.17, 15) is 9.59 Å². The van der Waals surface area contributed by atoms with Crippen LogP contribution in [0, 0.1) is 0 Å². The maximum absolute atomic E-state index is 11.3. The average molecular weight is 219 g/mol. The van der Waals surface area contributed by atoms with Gasteiger partial charge in [0.15, 0.2) is 0 Å². The van der Waals surface area contributed by atoms with Gasteiger partial charge in [-0.25, -0.2) is 9.59 Å². The minimum Gasteiger partial charge on any atom is -0.478 e. The summed E-state index contributed by atoms with van der Waals surface area (Å²) < 4.78 is 9.56. The van der Waals surface area contributed by atoms with Gasteiger partial charge in [0.2, 0.25) is 5.72 Å². The van der Waals surface area contributed by atoms with E-state index in [1.807, 2.05) is 0 Å². The molecular weight excluding hydrogens is 202 g/mol. The lowest BCUT2D eigenvalue weighted by Gasteiger charge is -2.27. The molecule has 0 aromatic carbocycles. The number of carboxylic acid groups (broad SMARTS) is 1. The summed E-state index contributed by atoms with van der Waals surface area (Å²) >= 11 is 0. The molecule has 0 saturated heterocycles. The molecule has 0 radical (unpaired) electrons. The zero-order chi connectivity index (χ0) is 12.3. The van der Waals surface area contributed by atoms with Crippen molar-refractivity contribution in [2.45, 2.75) is 39.0 Å². The second-order valence-electron chi connectivity index (χ2n) is 4.17. The molecule has 1 amide bonds. The number of hydrogen-bond donors (Lipinski definition) is 2. The number of nitrogens with one attached hydrogen (secondary N) is 1. The van der Waals surface area contributed by atoms with Crippen LogP contribution in [-0.4, -0.2) is 35.6 Å².